The van der Waals surface area contributed by atoms with E-state index >= 15 is 0 Å². The minimum absolute atomic E-state index is 0.0773. The largest absolute Gasteiger partial charge is 0.490 e. The molecule has 2 aromatic carbocycles. The summed E-state index contributed by atoms with van der Waals surface area (Å²) in [7, 11) is 0. The zero-order valence-electron chi connectivity index (χ0n) is 20.1. The monoisotopic (exact) mass is 576 g/mol. The van der Waals surface area contributed by atoms with Crippen LogP contribution in [0.1, 0.15) is 44.7 Å². The summed E-state index contributed by atoms with van der Waals surface area (Å²) < 4.78 is 12.8. The average Bonchev–Trinajstić information content (AvgIpc) is 3.09. The minimum Gasteiger partial charge on any atom is -0.490 e. The molecule has 0 saturated carbocycles. The maximum atomic E-state index is 12.8. The molecule has 1 saturated heterocycles. The summed E-state index contributed by atoms with van der Waals surface area (Å²) in [6.07, 6.45) is 4.64. The summed E-state index contributed by atoms with van der Waals surface area (Å²) in [5, 5.41) is 2.83. The highest BCUT2D eigenvalue weighted by Gasteiger charge is 2.31. The lowest BCUT2D eigenvalue weighted by Crippen LogP contribution is -2.28. The van der Waals surface area contributed by atoms with Crippen LogP contribution in [0.2, 0.25) is 0 Å². The van der Waals surface area contributed by atoms with E-state index in [1.807, 2.05) is 37.3 Å². The zero-order chi connectivity index (χ0) is 25.4. The van der Waals surface area contributed by atoms with Crippen LogP contribution < -0.4 is 14.8 Å². The fourth-order valence-corrected chi connectivity index (χ4v) is 5.28. The van der Waals surface area contributed by atoms with Gasteiger partial charge in [0.05, 0.1) is 16.0 Å². The maximum Gasteiger partial charge on any atom is 0.266 e. The molecule has 2 amide bonds. The van der Waals surface area contributed by atoms with Crippen molar-refractivity contribution in [2.45, 2.75) is 40.0 Å². The van der Waals surface area contributed by atoms with Crippen LogP contribution in [-0.2, 0) is 16.0 Å². The van der Waals surface area contributed by atoms with Gasteiger partial charge in [-0.15, -0.1) is 0 Å². The molecule has 35 heavy (non-hydrogen) atoms. The van der Waals surface area contributed by atoms with Gasteiger partial charge in [-0.3, -0.25) is 14.5 Å². The van der Waals surface area contributed by atoms with E-state index in [-0.39, 0.29) is 18.4 Å². The van der Waals surface area contributed by atoms with Crippen molar-refractivity contribution in [2.24, 2.45) is 0 Å². The fourth-order valence-electron chi connectivity index (χ4n) is 3.39. The van der Waals surface area contributed by atoms with Gasteiger partial charge in [-0.05, 0) is 77.2 Å². The van der Waals surface area contributed by atoms with Crippen LogP contribution in [0.15, 0.2) is 45.8 Å². The molecule has 6 nitrogen and oxygen atoms in total. The third-order valence-corrected chi connectivity index (χ3v) is 7.20. The average molecular weight is 578 g/mol. The van der Waals surface area contributed by atoms with E-state index in [9.17, 15) is 9.59 Å². The predicted molar refractivity (Wildman–Crippen MR) is 150 cm³/mol. The second-order valence-corrected chi connectivity index (χ2v) is 10.4. The number of nitrogens with one attached hydrogen (secondary N) is 1. The highest BCUT2D eigenvalue weighted by atomic mass is 79.9. The highest BCUT2D eigenvalue weighted by molar-refractivity contribution is 9.10. The van der Waals surface area contributed by atoms with E-state index in [4.69, 9.17) is 21.7 Å². The lowest BCUT2D eigenvalue weighted by molar-refractivity contribution is -0.122. The van der Waals surface area contributed by atoms with Gasteiger partial charge < -0.3 is 14.8 Å². The Labute approximate surface area is 224 Å². The van der Waals surface area contributed by atoms with E-state index in [2.05, 4.69) is 35.1 Å². The van der Waals surface area contributed by atoms with Crippen molar-refractivity contribution >= 4 is 67.8 Å². The normalized spacial score (nSPS) is 14.5. The number of nitrogens with zero attached hydrogens (tertiary/aromatic N) is 1. The molecule has 1 aliphatic heterocycles. The number of halogens is 1. The molecule has 9 heteroatoms. The second kappa shape index (κ2) is 13.1. The molecule has 0 aromatic heterocycles. The Morgan fingerprint density at radius 3 is 2.57 bits per heavy atom. The van der Waals surface area contributed by atoms with Gasteiger partial charge in [0, 0.05) is 12.2 Å². The number of thioether (sulfide) groups is 1. The number of anilines is 1. The molecule has 0 radical (unpaired) electrons. The number of carbonyl (C=O) groups is 2. The molecule has 0 aliphatic carbocycles. The summed E-state index contributed by atoms with van der Waals surface area (Å²) >= 11 is 10.2. The molecular formula is C26H29BrN2O4S2. The van der Waals surface area contributed by atoms with Crippen molar-refractivity contribution in [3.05, 3.63) is 56.9 Å². The number of carbonyl (C=O) groups excluding carboxylic acids is 2. The van der Waals surface area contributed by atoms with Gasteiger partial charge in [0.15, 0.2) is 18.1 Å². The summed E-state index contributed by atoms with van der Waals surface area (Å²) in [5.41, 5.74) is 2.68. The van der Waals surface area contributed by atoms with Crippen LogP contribution in [0.25, 0.3) is 6.08 Å². The smallest absolute Gasteiger partial charge is 0.266 e. The van der Waals surface area contributed by atoms with E-state index in [0.717, 1.165) is 24.8 Å². The molecule has 1 N–H and O–H groups in total. The molecule has 186 valence electrons. The van der Waals surface area contributed by atoms with Crippen molar-refractivity contribution in [1.82, 2.24) is 4.90 Å². The van der Waals surface area contributed by atoms with Crippen LogP contribution in [0, 0.1) is 0 Å². The number of thiocarbonyl (C=S) groups is 1. The number of hydrogen-bond donors (Lipinski definition) is 1. The van der Waals surface area contributed by atoms with Crippen molar-refractivity contribution in [2.75, 3.05) is 25.1 Å². The van der Waals surface area contributed by atoms with Gasteiger partial charge in [-0.1, -0.05) is 56.4 Å². The molecule has 1 aliphatic rings. The molecule has 0 unspecified atom stereocenters. The van der Waals surface area contributed by atoms with Gasteiger partial charge in [0.1, 0.15) is 4.32 Å². The van der Waals surface area contributed by atoms with Crippen LogP contribution in [0.5, 0.6) is 11.5 Å². The Bertz CT molecular complexity index is 1120. The first-order chi connectivity index (χ1) is 16.9. The second-order valence-electron chi connectivity index (χ2n) is 7.84. The molecule has 0 spiro atoms. The molecule has 3 rings (SSSR count). The highest BCUT2D eigenvalue weighted by Crippen LogP contribution is 2.39. The van der Waals surface area contributed by atoms with Gasteiger partial charge in [-0.2, -0.15) is 0 Å². The molecule has 0 bridgehead atoms. The molecule has 0 atom stereocenters. The van der Waals surface area contributed by atoms with Crippen molar-refractivity contribution in [3.8, 4) is 11.5 Å². The minimum atomic E-state index is -0.275. The Morgan fingerprint density at radius 2 is 1.91 bits per heavy atom. The number of aryl methyl sites for hydroxylation is 1. The van der Waals surface area contributed by atoms with Crippen LogP contribution in [-0.4, -0.2) is 40.8 Å². The third-order valence-electron chi connectivity index (χ3n) is 5.23. The summed E-state index contributed by atoms with van der Waals surface area (Å²) in [5.74, 6) is 0.556. The Hall–Kier alpha value is -2.36. The first-order valence-electron chi connectivity index (χ1n) is 11.6. The lowest BCUT2D eigenvalue weighted by Gasteiger charge is -2.15. The van der Waals surface area contributed by atoms with Gasteiger partial charge in [0.25, 0.3) is 11.8 Å². The van der Waals surface area contributed by atoms with E-state index in [0.29, 0.717) is 44.0 Å². The van der Waals surface area contributed by atoms with E-state index in [1.54, 1.807) is 17.0 Å². The van der Waals surface area contributed by atoms with Crippen LogP contribution in [0.4, 0.5) is 5.69 Å². The molecule has 2 aromatic rings. The third kappa shape index (κ3) is 7.32. The molecular weight excluding hydrogens is 548 g/mol. The number of amides is 2. The number of ether oxygens (including phenoxy) is 2. The SMILES string of the molecule is CCCCN1C(=O)/C(=C/c2cc(Br)c(OCC(=O)Nc3ccc(CC)cc3)c(OCC)c2)SC1=S. The van der Waals surface area contributed by atoms with Crippen molar-refractivity contribution in [3.63, 3.8) is 0 Å². The Morgan fingerprint density at radius 1 is 1.17 bits per heavy atom. The Balaban J connectivity index is 1.73. The molecule has 1 heterocycles. The predicted octanol–water partition coefficient (Wildman–Crippen LogP) is 6.43. The summed E-state index contributed by atoms with van der Waals surface area (Å²) in [4.78, 5) is 27.4. The van der Waals surface area contributed by atoms with Crippen LogP contribution >= 0.6 is 39.9 Å². The van der Waals surface area contributed by atoms with Gasteiger partial charge >= 0.3 is 0 Å². The van der Waals surface area contributed by atoms with Gasteiger partial charge in [0.2, 0.25) is 0 Å². The molecule has 1 fully saturated rings. The summed E-state index contributed by atoms with van der Waals surface area (Å²) in [6.45, 7) is 6.90. The number of benzene rings is 2. The standard InChI is InChI=1S/C26H29BrN2O4S2/c1-4-7-12-29-25(31)22(35-26(29)34)15-18-13-20(27)24(21(14-18)32-6-3)33-16-23(30)28-19-10-8-17(5-2)9-11-19/h8-11,13-15H,4-7,12,16H2,1-3H3,(H,28,30)/b22-15-. The van der Waals surface area contributed by atoms with Crippen molar-refractivity contribution < 1.29 is 19.1 Å². The van der Waals surface area contributed by atoms with Crippen LogP contribution in [0.3, 0.4) is 0 Å². The topological polar surface area (TPSA) is 67.9 Å². The first kappa shape index (κ1) is 27.2. The maximum absolute atomic E-state index is 12.8. The quantitative estimate of drug-likeness (QED) is 0.245. The number of rotatable bonds is 11. The Kier molecular flexibility index (Phi) is 10.2. The zero-order valence-corrected chi connectivity index (χ0v) is 23.3. The summed E-state index contributed by atoms with van der Waals surface area (Å²) in [6, 6.07) is 11.3. The van der Waals surface area contributed by atoms with E-state index in [1.165, 1.54) is 17.3 Å². The number of unbranched alkanes of at least 4 members (excludes halogenated alkanes) is 1. The number of hydrogen-bond acceptors (Lipinski definition) is 6. The first-order valence-corrected chi connectivity index (χ1v) is 13.6. The van der Waals surface area contributed by atoms with Crippen molar-refractivity contribution in [1.29, 1.82) is 0 Å². The fraction of sp³-hybridized carbons (Fsp3) is 0.346. The van der Waals surface area contributed by atoms with Gasteiger partial charge in [-0.25, -0.2) is 0 Å². The van der Waals surface area contributed by atoms with E-state index < -0.39 is 0 Å². The lowest BCUT2D eigenvalue weighted by atomic mass is 10.1.